The van der Waals surface area contributed by atoms with Gasteiger partial charge in [0.05, 0.1) is 39.6 Å². The Morgan fingerprint density at radius 1 is 1.26 bits per heavy atom. The molecule has 11 heteroatoms. The Kier molecular flexibility index (Phi) is 5.53. The van der Waals surface area contributed by atoms with Gasteiger partial charge in [-0.05, 0) is 42.8 Å². The Balaban J connectivity index is 1.67. The lowest BCUT2D eigenvalue weighted by atomic mass is 9.95. The quantitative estimate of drug-likeness (QED) is 0.217. The van der Waals surface area contributed by atoms with Crippen molar-refractivity contribution in [2.24, 2.45) is 0 Å². The van der Waals surface area contributed by atoms with Crippen LogP contribution in [-0.2, 0) is 4.79 Å². The van der Waals surface area contributed by atoms with Gasteiger partial charge in [-0.15, -0.1) is 0 Å². The summed E-state index contributed by atoms with van der Waals surface area (Å²) in [4.78, 5) is 43.1. The van der Waals surface area contributed by atoms with Gasteiger partial charge in [0.15, 0.2) is 16.7 Å². The van der Waals surface area contributed by atoms with Gasteiger partial charge in [0.2, 0.25) is 5.78 Å². The van der Waals surface area contributed by atoms with Crippen LogP contribution in [-0.4, -0.2) is 33.3 Å². The highest BCUT2D eigenvalue weighted by Crippen LogP contribution is 2.45. The van der Waals surface area contributed by atoms with Gasteiger partial charge in [-0.2, -0.15) is 0 Å². The van der Waals surface area contributed by atoms with Crippen molar-refractivity contribution in [3.8, 4) is 5.75 Å². The number of rotatable bonds is 7. The van der Waals surface area contributed by atoms with Crippen LogP contribution in [0.3, 0.4) is 0 Å². The molecule has 2 aromatic heterocycles. The monoisotopic (exact) mass is 491 g/mol. The first kappa shape index (κ1) is 22.3. The average molecular weight is 491 g/mol. The number of hydrogen-bond donors (Lipinski definition) is 1. The maximum Gasteiger partial charge on any atom is 0.296 e. The first-order valence-electron chi connectivity index (χ1n) is 10.5. The summed E-state index contributed by atoms with van der Waals surface area (Å²) in [6.07, 6.45) is 1.30. The number of carbonyl (C=O) groups is 2. The van der Waals surface area contributed by atoms with Crippen LogP contribution >= 0.6 is 11.3 Å². The predicted octanol–water partition coefficient (Wildman–Crippen LogP) is 4.98. The maximum absolute atomic E-state index is 13.3. The number of furan rings is 1. The maximum atomic E-state index is 13.3. The number of Topliss-reactive ketones (excluding diaryl/α,β-unsaturated/α-hetero) is 1. The Morgan fingerprint density at radius 2 is 2.09 bits per heavy atom. The van der Waals surface area contributed by atoms with Crippen molar-refractivity contribution in [2.45, 2.75) is 13.0 Å². The minimum absolute atomic E-state index is 0.0812. The number of benzene rings is 2. The van der Waals surface area contributed by atoms with E-state index < -0.39 is 28.4 Å². The van der Waals surface area contributed by atoms with E-state index in [0.29, 0.717) is 17.9 Å². The number of amides is 1. The highest BCUT2D eigenvalue weighted by molar-refractivity contribution is 7.22. The van der Waals surface area contributed by atoms with Gasteiger partial charge in [-0.25, -0.2) is 4.98 Å². The molecule has 3 heterocycles. The SMILES string of the molecule is CCOc1ccc2nc(N3C(=O)C(O)=C(C(=O)c4ccco4)[C@@H]3c3cccc([N+](=O)[O-])c3)sc2c1. The van der Waals surface area contributed by atoms with E-state index in [1.165, 1.54) is 52.8 Å². The van der Waals surface area contributed by atoms with Gasteiger partial charge >= 0.3 is 0 Å². The zero-order valence-electron chi connectivity index (χ0n) is 18.2. The van der Waals surface area contributed by atoms with Crippen LogP contribution in [0.4, 0.5) is 10.8 Å². The van der Waals surface area contributed by atoms with Gasteiger partial charge in [-0.1, -0.05) is 23.5 Å². The molecule has 0 saturated carbocycles. The molecule has 1 atom stereocenters. The number of anilines is 1. The summed E-state index contributed by atoms with van der Waals surface area (Å²) < 4.78 is 11.5. The number of ether oxygens (including phenoxy) is 1. The number of hydrogen-bond acceptors (Lipinski definition) is 9. The van der Waals surface area contributed by atoms with Crippen molar-refractivity contribution in [1.29, 1.82) is 0 Å². The van der Waals surface area contributed by atoms with Gasteiger partial charge in [-0.3, -0.25) is 24.6 Å². The third-order valence-electron chi connectivity index (χ3n) is 5.46. The number of nitro groups is 1. The molecule has 0 spiro atoms. The molecule has 0 saturated heterocycles. The third kappa shape index (κ3) is 3.81. The molecule has 4 aromatic rings. The lowest BCUT2D eigenvalue weighted by Crippen LogP contribution is -2.31. The lowest BCUT2D eigenvalue weighted by Gasteiger charge is -2.24. The summed E-state index contributed by atoms with van der Waals surface area (Å²) in [6.45, 7) is 2.34. The Labute approximate surface area is 201 Å². The first-order chi connectivity index (χ1) is 16.9. The number of nitrogens with zero attached hydrogens (tertiary/aromatic N) is 3. The second-order valence-electron chi connectivity index (χ2n) is 7.56. The molecule has 176 valence electrons. The van der Waals surface area contributed by atoms with Crippen LogP contribution in [0.2, 0.25) is 0 Å². The summed E-state index contributed by atoms with van der Waals surface area (Å²) in [5.74, 6) is -1.77. The number of thiazole rings is 1. The molecule has 2 aromatic carbocycles. The minimum Gasteiger partial charge on any atom is -0.503 e. The van der Waals surface area contributed by atoms with E-state index in [4.69, 9.17) is 9.15 Å². The summed E-state index contributed by atoms with van der Waals surface area (Å²) in [5, 5.41) is 22.4. The van der Waals surface area contributed by atoms with Crippen molar-refractivity contribution in [2.75, 3.05) is 11.5 Å². The number of aliphatic hydroxyl groups excluding tert-OH is 1. The molecule has 0 fully saturated rings. The van der Waals surface area contributed by atoms with Crippen LogP contribution in [0.5, 0.6) is 5.75 Å². The predicted molar refractivity (Wildman–Crippen MR) is 127 cm³/mol. The Bertz CT molecular complexity index is 1510. The van der Waals surface area contributed by atoms with E-state index in [-0.39, 0.29) is 27.7 Å². The molecular weight excluding hydrogens is 474 g/mol. The number of ketones is 1. The van der Waals surface area contributed by atoms with Crippen molar-refractivity contribution in [1.82, 2.24) is 4.98 Å². The second-order valence-corrected chi connectivity index (χ2v) is 8.57. The van der Waals surface area contributed by atoms with Crippen LogP contribution in [0, 0.1) is 10.1 Å². The minimum atomic E-state index is -1.16. The number of nitro benzene ring substituents is 1. The van der Waals surface area contributed by atoms with E-state index >= 15 is 0 Å². The molecule has 0 bridgehead atoms. The molecule has 1 amide bonds. The molecule has 0 aliphatic carbocycles. The summed E-state index contributed by atoms with van der Waals surface area (Å²) in [7, 11) is 0. The first-order valence-corrected chi connectivity index (χ1v) is 11.3. The fourth-order valence-corrected chi connectivity index (χ4v) is 4.97. The summed E-state index contributed by atoms with van der Waals surface area (Å²) >= 11 is 1.17. The number of non-ortho nitro benzene ring substituents is 1. The van der Waals surface area contributed by atoms with Crippen molar-refractivity contribution in [3.63, 3.8) is 0 Å². The second kappa shape index (κ2) is 8.69. The van der Waals surface area contributed by atoms with Gasteiger partial charge < -0.3 is 14.3 Å². The molecular formula is C24H17N3O7S. The molecule has 1 aliphatic heterocycles. The molecule has 0 radical (unpaired) electrons. The van der Waals surface area contributed by atoms with Crippen LogP contribution in [0.15, 0.2) is 76.6 Å². The average Bonchev–Trinajstić information content (AvgIpc) is 3.58. The fourth-order valence-electron chi connectivity index (χ4n) is 3.95. The summed E-state index contributed by atoms with van der Waals surface area (Å²) in [6, 6.07) is 12.6. The van der Waals surface area contributed by atoms with E-state index in [1.807, 2.05) is 6.92 Å². The van der Waals surface area contributed by atoms with Crippen LogP contribution < -0.4 is 9.64 Å². The number of aliphatic hydroxyl groups is 1. The van der Waals surface area contributed by atoms with Crippen molar-refractivity contribution >= 4 is 44.1 Å². The summed E-state index contributed by atoms with van der Waals surface area (Å²) in [5.41, 5.74) is 0.376. The topological polar surface area (TPSA) is 136 Å². The van der Waals surface area contributed by atoms with Crippen molar-refractivity contribution in [3.05, 3.63) is 93.6 Å². The van der Waals surface area contributed by atoms with E-state index in [1.54, 1.807) is 24.3 Å². The van der Waals surface area contributed by atoms with Gasteiger partial charge in [0.25, 0.3) is 11.6 Å². The zero-order valence-corrected chi connectivity index (χ0v) is 19.0. The van der Waals surface area contributed by atoms with E-state index in [9.17, 15) is 24.8 Å². The van der Waals surface area contributed by atoms with Gasteiger partial charge in [0, 0.05) is 12.1 Å². The molecule has 35 heavy (non-hydrogen) atoms. The molecule has 1 N–H and O–H groups in total. The zero-order chi connectivity index (χ0) is 24.7. The third-order valence-corrected chi connectivity index (χ3v) is 6.48. The van der Waals surface area contributed by atoms with Crippen LogP contribution in [0.1, 0.15) is 29.1 Å². The smallest absolute Gasteiger partial charge is 0.296 e. The fraction of sp³-hybridized carbons (Fsp3) is 0.125. The van der Waals surface area contributed by atoms with Gasteiger partial charge in [0.1, 0.15) is 5.75 Å². The van der Waals surface area contributed by atoms with Crippen LogP contribution in [0.25, 0.3) is 10.2 Å². The largest absolute Gasteiger partial charge is 0.503 e. The number of fused-ring (bicyclic) bond motifs is 1. The Morgan fingerprint density at radius 3 is 2.80 bits per heavy atom. The molecule has 0 unspecified atom stereocenters. The Hall–Kier alpha value is -4.51. The normalized spacial score (nSPS) is 15.7. The number of carbonyl (C=O) groups excluding carboxylic acids is 2. The standard InChI is InChI=1S/C24H17N3O7S/c1-2-33-15-8-9-16-18(12-15)35-24(25-16)26-20(13-5-3-6-14(11-13)27(31)32)19(22(29)23(26)30)21(28)17-7-4-10-34-17/h3-12,20,29H,2H2,1H3/t20-/m0/s1. The molecule has 5 rings (SSSR count). The molecule has 10 nitrogen and oxygen atoms in total. The lowest BCUT2D eigenvalue weighted by molar-refractivity contribution is -0.384. The van der Waals surface area contributed by atoms with E-state index in [0.717, 1.165) is 4.70 Å². The van der Waals surface area contributed by atoms with E-state index in [2.05, 4.69) is 4.98 Å². The number of aromatic nitrogens is 1. The highest BCUT2D eigenvalue weighted by atomic mass is 32.1. The molecule has 1 aliphatic rings. The van der Waals surface area contributed by atoms with Crippen molar-refractivity contribution < 1.29 is 28.8 Å². The highest BCUT2D eigenvalue weighted by Gasteiger charge is 2.46.